The Kier molecular flexibility index (Phi) is 3.22. The summed E-state index contributed by atoms with van der Waals surface area (Å²) in [6.45, 7) is 0.516. The summed E-state index contributed by atoms with van der Waals surface area (Å²) in [6.07, 6.45) is 3.93. The Bertz CT molecular complexity index is 482. The number of hydrogen-bond acceptors (Lipinski definition) is 4. The number of amides is 2. The maximum Gasteiger partial charge on any atom is 0.277 e. The Labute approximate surface area is 105 Å². The Hall–Kier alpha value is -2.05. The van der Waals surface area contributed by atoms with Crippen LogP contribution in [0.4, 0.5) is 5.69 Å². The quantitative estimate of drug-likeness (QED) is 0.737. The number of carbonyl (C=O) groups excluding carboxylic acids is 2. The Balaban J connectivity index is 2.26. The molecule has 0 radical (unpaired) electrons. The van der Waals surface area contributed by atoms with Gasteiger partial charge in [-0.3, -0.25) is 14.3 Å². The van der Waals surface area contributed by atoms with Crippen molar-refractivity contribution < 1.29 is 9.59 Å². The van der Waals surface area contributed by atoms with E-state index >= 15 is 0 Å². The number of nitrogens with two attached hydrogens (primary N) is 2. The second kappa shape index (κ2) is 4.67. The summed E-state index contributed by atoms with van der Waals surface area (Å²) in [5, 5.41) is 4.03. The van der Waals surface area contributed by atoms with E-state index in [4.69, 9.17) is 11.5 Å². The van der Waals surface area contributed by atoms with Gasteiger partial charge in [0.2, 0.25) is 5.91 Å². The third-order valence-electron chi connectivity index (χ3n) is 3.15. The zero-order valence-corrected chi connectivity index (χ0v) is 10.3. The smallest absolute Gasteiger partial charge is 0.277 e. The average Bonchev–Trinajstić information content (AvgIpc) is 2.67. The van der Waals surface area contributed by atoms with Crippen LogP contribution in [0.3, 0.4) is 0 Å². The van der Waals surface area contributed by atoms with E-state index in [0.717, 1.165) is 12.8 Å². The number of piperidine rings is 1. The monoisotopic (exact) mass is 251 g/mol. The summed E-state index contributed by atoms with van der Waals surface area (Å²) >= 11 is 0. The fourth-order valence-corrected chi connectivity index (χ4v) is 2.28. The molecular weight excluding hydrogens is 234 g/mol. The molecule has 2 heterocycles. The van der Waals surface area contributed by atoms with E-state index in [1.807, 2.05) is 0 Å². The molecule has 1 aromatic rings. The first kappa shape index (κ1) is 12.4. The molecule has 2 rings (SSSR count). The fraction of sp³-hybridized carbons (Fsp3) is 0.545. The molecular formula is C11H17N5O2. The summed E-state index contributed by atoms with van der Waals surface area (Å²) in [6, 6.07) is -0.548. The number of carbonyl (C=O) groups is 2. The first-order chi connectivity index (χ1) is 8.50. The lowest BCUT2D eigenvalue weighted by molar-refractivity contribution is -0.123. The van der Waals surface area contributed by atoms with Crippen molar-refractivity contribution in [3.05, 3.63) is 11.9 Å². The third-order valence-corrected chi connectivity index (χ3v) is 3.15. The van der Waals surface area contributed by atoms with Gasteiger partial charge in [0, 0.05) is 19.8 Å². The summed E-state index contributed by atoms with van der Waals surface area (Å²) in [5.41, 5.74) is 11.6. The van der Waals surface area contributed by atoms with Gasteiger partial charge in [-0.25, -0.2) is 0 Å². The zero-order chi connectivity index (χ0) is 13.3. The van der Waals surface area contributed by atoms with Crippen LogP contribution in [0.5, 0.6) is 0 Å². The van der Waals surface area contributed by atoms with E-state index < -0.39 is 11.9 Å². The van der Waals surface area contributed by atoms with Gasteiger partial charge in [-0.05, 0) is 19.3 Å². The Morgan fingerprint density at radius 1 is 1.44 bits per heavy atom. The highest BCUT2D eigenvalue weighted by molar-refractivity contribution is 5.99. The van der Waals surface area contributed by atoms with Gasteiger partial charge in [-0.15, -0.1) is 0 Å². The normalized spacial score (nSPS) is 19.8. The largest absolute Gasteiger partial charge is 0.396 e. The summed E-state index contributed by atoms with van der Waals surface area (Å²) in [7, 11) is 1.69. The number of likely N-dealkylation sites (tertiary alicyclic amines) is 1. The van der Waals surface area contributed by atoms with Gasteiger partial charge in [0.25, 0.3) is 5.91 Å². The lowest BCUT2D eigenvalue weighted by Crippen LogP contribution is -2.50. The highest BCUT2D eigenvalue weighted by Crippen LogP contribution is 2.21. The molecule has 1 aromatic heterocycles. The SMILES string of the molecule is Cn1cc(N)c(C(=O)N2CCCCC2C(N)=O)n1. The third kappa shape index (κ3) is 2.15. The van der Waals surface area contributed by atoms with Crippen molar-refractivity contribution in [2.45, 2.75) is 25.3 Å². The van der Waals surface area contributed by atoms with Crippen LogP contribution in [0.2, 0.25) is 0 Å². The fourth-order valence-electron chi connectivity index (χ4n) is 2.28. The van der Waals surface area contributed by atoms with Crippen LogP contribution in [0, 0.1) is 0 Å². The van der Waals surface area contributed by atoms with Gasteiger partial charge in [0.15, 0.2) is 5.69 Å². The van der Waals surface area contributed by atoms with Crippen LogP contribution < -0.4 is 11.5 Å². The first-order valence-corrected chi connectivity index (χ1v) is 5.90. The van der Waals surface area contributed by atoms with Crippen molar-refractivity contribution in [1.82, 2.24) is 14.7 Å². The number of hydrogen-bond donors (Lipinski definition) is 2. The summed E-state index contributed by atoms with van der Waals surface area (Å²) in [5.74, 6) is -0.797. The molecule has 0 aliphatic carbocycles. The predicted octanol–water partition coefficient (Wildman–Crippen LogP) is -0.518. The number of anilines is 1. The predicted molar refractivity (Wildman–Crippen MR) is 65.5 cm³/mol. The molecule has 0 aromatic carbocycles. The molecule has 0 saturated carbocycles. The molecule has 18 heavy (non-hydrogen) atoms. The van der Waals surface area contributed by atoms with E-state index in [1.165, 1.54) is 9.58 Å². The number of rotatable bonds is 2. The number of primary amides is 1. The van der Waals surface area contributed by atoms with Crippen molar-refractivity contribution in [3.63, 3.8) is 0 Å². The minimum atomic E-state index is -0.548. The molecule has 0 bridgehead atoms. The minimum Gasteiger partial charge on any atom is -0.396 e. The molecule has 7 heteroatoms. The average molecular weight is 251 g/mol. The summed E-state index contributed by atoms with van der Waals surface area (Å²) < 4.78 is 1.48. The first-order valence-electron chi connectivity index (χ1n) is 5.90. The number of aromatic nitrogens is 2. The van der Waals surface area contributed by atoms with Crippen LogP contribution in [-0.2, 0) is 11.8 Å². The molecule has 1 aliphatic rings. The van der Waals surface area contributed by atoms with E-state index in [2.05, 4.69) is 5.10 Å². The minimum absolute atomic E-state index is 0.186. The van der Waals surface area contributed by atoms with Crippen LogP contribution in [-0.4, -0.2) is 39.1 Å². The van der Waals surface area contributed by atoms with Crippen LogP contribution in [0.25, 0.3) is 0 Å². The van der Waals surface area contributed by atoms with Crippen molar-refractivity contribution in [2.75, 3.05) is 12.3 Å². The Morgan fingerprint density at radius 3 is 2.72 bits per heavy atom. The van der Waals surface area contributed by atoms with Gasteiger partial charge in [-0.1, -0.05) is 0 Å². The van der Waals surface area contributed by atoms with E-state index in [-0.39, 0.29) is 11.6 Å². The topological polar surface area (TPSA) is 107 Å². The molecule has 1 saturated heterocycles. The van der Waals surface area contributed by atoms with Gasteiger partial charge >= 0.3 is 0 Å². The van der Waals surface area contributed by atoms with Gasteiger partial charge < -0.3 is 16.4 Å². The molecule has 4 N–H and O–H groups in total. The second-order valence-electron chi connectivity index (χ2n) is 4.52. The maximum absolute atomic E-state index is 12.3. The zero-order valence-electron chi connectivity index (χ0n) is 10.3. The van der Waals surface area contributed by atoms with Crippen molar-refractivity contribution >= 4 is 17.5 Å². The molecule has 98 valence electrons. The highest BCUT2D eigenvalue weighted by atomic mass is 16.2. The lowest BCUT2D eigenvalue weighted by atomic mass is 10.0. The summed E-state index contributed by atoms with van der Waals surface area (Å²) in [4.78, 5) is 25.1. The second-order valence-corrected chi connectivity index (χ2v) is 4.52. The van der Waals surface area contributed by atoms with Gasteiger partial charge in [-0.2, -0.15) is 5.10 Å². The number of nitrogens with zero attached hydrogens (tertiary/aromatic N) is 3. The molecule has 0 spiro atoms. The van der Waals surface area contributed by atoms with Crippen LogP contribution in [0.15, 0.2) is 6.20 Å². The van der Waals surface area contributed by atoms with Gasteiger partial charge in [0.05, 0.1) is 5.69 Å². The van der Waals surface area contributed by atoms with Crippen molar-refractivity contribution in [3.8, 4) is 0 Å². The van der Waals surface area contributed by atoms with Crippen LogP contribution in [0.1, 0.15) is 29.8 Å². The molecule has 1 aliphatic heterocycles. The van der Waals surface area contributed by atoms with Crippen molar-refractivity contribution in [1.29, 1.82) is 0 Å². The molecule has 1 fully saturated rings. The number of aryl methyl sites for hydroxylation is 1. The molecule has 1 atom stereocenters. The van der Waals surface area contributed by atoms with Gasteiger partial charge in [0.1, 0.15) is 6.04 Å². The molecule has 7 nitrogen and oxygen atoms in total. The standard InChI is InChI=1S/C11H17N5O2/c1-15-6-7(12)9(14-15)11(18)16-5-3-2-4-8(16)10(13)17/h6,8H,2-5,12H2,1H3,(H2,13,17). The van der Waals surface area contributed by atoms with E-state index in [9.17, 15) is 9.59 Å². The van der Waals surface area contributed by atoms with E-state index in [1.54, 1.807) is 13.2 Å². The maximum atomic E-state index is 12.3. The number of nitrogen functional groups attached to an aromatic ring is 1. The van der Waals surface area contributed by atoms with E-state index in [0.29, 0.717) is 18.7 Å². The Morgan fingerprint density at radius 2 is 2.17 bits per heavy atom. The van der Waals surface area contributed by atoms with Crippen LogP contribution >= 0.6 is 0 Å². The molecule has 1 unspecified atom stereocenters. The van der Waals surface area contributed by atoms with Crippen molar-refractivity contribution in [2.24, 2.45) is 12.8 Å². The lowest BCUT2D eigenvalue weighted by Gasteiger charge is -2.33. The highest BCUT2D eigenvalue weighted by Gasteiger charge is 2.33. The molecule has 2 amide bonds.